The smallest absolute Gasteiger partial charge is 0.251 e. The molecule has 0 aliphatic carbocycles. The summed E-state index contributed by atoms with van der Waals surface area (Å²) in [6, 6.07) is 16.3. The van der Waals surface area contributed by atoms with Crippen LogP contribution in [0.1, 0.15) is 48.6 Å². The van der Waals surface area contributed by atoms with Crippen LogP contribution in [0.2, 0.25) is 0 Å². The number of imide groups is 1. The Labute approximate surface area is 205 Å². The molecule has 35 heavy (non-hydrogen) atoms. The van der Waals surface area contributed by atoms with Gasteiger partial charge in [0, 0.05) is 57.6 Å². The standard InChI is InChI=1S/C22H21N3O2.C5H7NO2.H2/c26-22-20-5-4-18(11-17(20)12-24-22)27-19-7-9-25(14-19)13-15-3-6-21-16(10-15)2-1-8-23-21;7-4-2-1-3-5(8)6-4;/h1-6,8,10-11,19H,7,9,12-14H2,(H,24,26);1-3H2,(H,6,7,8);1H/t19-;;/m0../s1. The van der Waals surface area contributed by atoms with E-state index in [9.17, 15) is 14.4 Å². The number of nitrogens with one attached hydrogen (secondary N) is 2. The summed E-state index contributed by atoms with van der Waals surface area (Å²) in [4.78, 5) is 39.2. The first-order valence-electron chi connectivity index (χ1n) is 12.0. The Morgan fingerprint density at radius 2 is 1.91 bits per heavy atom. The van der Waals surface area contributed by atoms with E-state index >= 15 is 0 Å². The first kappa shape index (κ1) is 23.0. The average Bonchev–Trinajstić information content (AvgIpc) is 3.45. The zero-order valence-corrected chi connectivity index (χ0v) is 19.5. The van der Waals surface area contributed by atoms with Crippen molar-refractivity contribution in [2.75, 3.05) is 13.1 Å². The van der Waals surface area contributed by atoms with Crippen LogP contribution in [0, 0.1) is 0 Å². The zero-order valence-electron chi connectivity index (χ0n) is 19.5. The molecule has 4 heterocycles. The molecule has 8 heteroatoms. The Hall–Kier alpha value is -3.78. The van der Waals surface area contributed by atoms with Crippen molar-refractivity contribution in [2.45, 2.75) is 44.9 Å². The molecule has 0 unspecified atom stereocenters. The molecule has 3 amide bonds. The van der Waals surface area contributed by atoms with Crippen LogP contribution in [0.15, 0.2) is 54.7 Å². The number of fused-ring (bicyclic) bond motifs is 2. The second-order valence-electron chi connectivity index (χ2n) is 9.12. The molecule has 3 aromatic rings. The Kier molecular flexibility index (Phi) is 6.72. The van der Waals surface area contributed by atoms with E-state index in [0.29, 0.717) is 25.8 Å². The van der Waals surface area contributed by atoms with Gasteiger partial charge in [-0.25, -0.2) is 0 Å². The predicted molar refractivity (Wildman–Crippen MR) is 133 cm³/mol. The first-order valence-corrected chi connectivity index (χ1v) is 12.0. The van der Waals surface area contributed by atoms with Gasteiger partial charge in [-0.15, -0.1) is 0 Å². The van der Waals surface area contributed by atoms with Crippen LogP contribution >= 0.6 is 0 Å². The van der Waals surface area contributed by atoms with E-state index in [2.05, 4.69) is 44.8 Å². The van der Waals surface area contributed by atoms with Crippen LogP contribution in [0.4, 0.5) is 0 Å². The van der Waals surface area contributed by atoms with Gasteiger partial charge in [-0.3, -0.25) is 29.6 Å². The predicted octanol–water partition coefficient (Wildman–Crippen LogP) is 3.19. The van der Waals surface area contributed by atoms with Crippen molar-refractivity contribution in [1.29, 1.82) is 0 Å². The zero-order chi connectivity index (χ0) is 24.2. The number of likely N-dealkylation sites (tertiary alicyclic amines) is 1. The Bertz CT molecular complexity index is 1270. The molecule has 6 rings (SSSR count). The summed E-state index contributed by atoms with van der Waals surface area (Å²) < 4.78 is 6.18. The number of nitrogens with zero attached hydrogens (tertiary/aromatic N) is 2. The van der Waals surface area contributed by atoms with E-state index in [1.54, 1.807) is 0 Å². The lowest BCUT2D eigenvalue weighted by molar-refractivity contribution is -0.132. The highest BCUT2D eigenvalue weighted by molar-refractivity contribution is 5.98. The monoisotopic (exact) mass is 474 g/mol. The third kappa shape index (κ3) is 5.66. The minimum absolute atomic E-state index is 0. The number of hydrogen-bond donors (Lipinski definition) is 2. The molecule has 2 aromatic carbocycles. The lowest BCUT2D eigenvalue weighted by atomic mass is 10.1. The number of carbonyl (C=O) groups excluding carboxylic acids is 3. The molecule has 1 atom stereocenters. The number of aromatic nitrogens is 1. The van der Waals surface area contributed by atoms with E-state index in [-0.39, 0.29) is 25.3 Å². The highest BCUT2D eigenvalue weighted by atomic mass is 16.5. The molecular weight excluding hydrogens is 444 g/mol. The average molecular weight is 475 g/mol. The normalized spacial score (nSPS) is 19.5. The molecule has 3 aliphatic rings. The molecule has 182 valence electrons. The van der Waals surface area contributed by atoms with Gasteiger partial charge in [0.25, 0.3) is 5.91 Å². The number of ether oxygens (including phenoxy) is 1. The number of hydrogen-bond acceptors (Lipinski definition) is 6. The van der Waals surface area contributed by atoms with Gasteiger partial charge >= 0.3 is 0 Å². The number of piperidine rings is 1. The Morgan fingerprint density at radius 3 is 2.71 bits per heavy atom. The molecule has 0 spiro atoms. The Balaban J connectivity index is 0.000000291. The summed E-state index contributed by atoms with van der Waals surface area (Å²) in [6.07, 6.45) is 4.76. The van der Waals surface area contributed by atoms with Crippen LogP contribution in [0.5, 0.6) is 5.75 Å². The molecular formula is C27H30N4O4. The summed E-state index contributed by atoms with van der Waals surface area (Å²) >= 11 is 0. The largest absolute Gasteiger partial charge is 0.489 e. The molecule has 1 aromatic heterocycles. The minimum Gasteiger partial charge on any atom is -0.489 e. The summed E-state index contributed by atoms with van der Waals surface area (Å²) in [5, 5.41) is 6.23. The summed E-state index contributed by atoms with van der Waals surface area (Å²) in [6.45, 7) is 3.46. The van der Waals surface area contributed by atoms with Crippen molar-refractivity contribution >= 4 is 28.6 Å². The maximum absolute atomic E-state index is 11.7. The SMILES string of the molecule is O=C1CCCC(=O)N1.O=C1NCc2cc(O[C@H]3CCN(Cc4ccc5ncccc5c4)C3)ccc21.[HH]. The van der Waals surface area contributed by atoms with Gasteiger partial charge in [-0.05, 0) is 60.4 Å². The summed E-state index contributed by atoms with van der Waals surface area (Å²) in [7, 11) is 0. The lowest BCUT2D eigenvalue weighted by Crippen LogP contribution is -2.33. The third-order valence-electron chi connectivity index (χ3n) is 6.45. The van der Waals surface area contributed by atoms with Gasteiger partial charge in [0.2, 0.25) is 11.8 Å². The molecule has 8 nitrogen and oxygen atoms in total. The fraction of sp³-hybridized carbons (Fsp3) is 0.333. The van der Waals surface area contributed by atoms with Gasteiger partial charge in [-0.1, -0.05) is 12.1 Å². The van der Waals surface area contributed by atoms with Crippen LogP contribution in [-0.4, -0.2) is 46.8 Å². The molecule has 0 bridgehead atoms. The van der Waals surface area contributed by atoms with E-state index in [0.717, 1.165) is 48.4 Å². The van der Waals surface area contributed by atoms with Crippen LogP contribution in [0.25, 0.3) is 10.9 Å². The summed E-state index contributed by atoms with van der Waals surface area (Å²) in [5.74, 6) is 0.588. The van der Waals surface area contributed by atoms with Crippen molar-refractivity contribution < 1.29 is 20.5 Å². The molecule has 2 fully saturated rings. The van der Waals surface area contributed by atoms with Crippen molar-refractivity contribution in [2.24, 2.45) is 0 Å². The molecule has 2 saturated heterocycles. The number of carbonyl (C=O) groups is 3. The van der Waals surface area contributed by atoms with Crippen LogP contribution < -0.4 is 15.4 Å². The Morgan fingerprint density at radius 1 is 1.06 bits per heavy atom. The van der Waals surface area contributed by atoms with Crippen molar-refractivity contribution in [3.8, 4) is 5.75 Å². The van der Waals surface area contributed by atoms with Crippen molar-refractivity contribution in [1.82, 2.24) is 20.5 Å². The molecule has 0 saturated carbocycles. The van der Waals surface area contributed by atoms with E-state index in [4.69, 9.17) is 4.74 Å². The fourth-order valence-electron chi connectivity index (χ4n) is 4.68. The van der Waals surface area contributed by atoms with E-state index in [1.165, 1.54) is 10.9 Å². The quantitative estimate of drug-likeness (QED) is 0.564. The van der Waals surface area contributed by atoms with Gasteiger partial charge < -0.3 is 10.1 Å². The van der Waals surface area contributed by atoms with E-state index < -0.39 is 0 Å². The maximum Gasteiger partial charge on any atom is 0.251 e. The highest BCUT2D eigenvalue weighted by Crippen LogP contribution is 2.25. The maximum atomic E-state index is 11.7. The molecule has 0 radical (unpaired) electrons. The van der Waals surface area contributed by atoms with Crippen molar-refractivity contribution in [3.63, 3.8) is 0 Å². The lowest BCUT2D eigenvalue weighted by Gasteiger charge is -2.17. The number of amides is 3. The number of benzene rings is 2. The van der Waals surface area contributed by atoms with Gasteiger partial charge in [0.15, 0.2) is 0 Å². The fourth-order valence-corrected chi connectivity index (χ4v) is 4.68. The second kappa shape index (κ2) is 10.2. The van der Waals surface area contributed by atoms with Gasteiger partial charge in [-0.2, -0.15) is 0 Å². The van der Waals surface area contributed by atoms with E-state index in [1.807, 2.05) is 30.5 Å². The van der Waals surface area contributed by atoms with Gasteiger partial charge in [0.1, 0.15) is 11.9 Å². The highest BCUT2D eigenvalue weighted by Gasteiger charge is 2.25. The van der Waals surface area contributed by atoms with Crippen molar-refractivity contribution in [3.05, 3.63) is 71.4 Å². The van der Waals surface area contributed by atoms with Crippen LogP contribution in [-0.2, 0) is 22.7 Å². The van der Waals surface area contributed by atoms with Gasteiger partial charge in [0.05, 0.1) is 5.52 Å². The molecule has 2 N–H and O–H groups in total. The number of rotatable bonds is 4. The molecule has 3 aliphatic heterocycles. The first-order chi connectivity index (χ1) is 17.0. The second-order valence-corrected chi connectivity index (χ2v) is 9.12. The summed E-state index contributed by atoms with van der Waals surface area (Å²) in [5.41, 5.74) is 4.13. The topological polar surface area (TPSA) is 101 Å². The van der Waals surface area contributed by atoms with Crippen LogP contribution in [0.3, 0.4) is 0 Å². The third-order valence-corrected chi connectivity index (χ3v) is 6.45. The minimum atomic E-state index is -0.138. The number of pyridine rings is 1.